The number of rotatable bonds is 7. The summed E-state index contributed by atoms with van der Waals surface area (Å²) in [6, 6.07) is 0. The van der Waals surface area contributed by atoms with Crippen LogP contribution in [0.1, 0.15) is 13.8 Å². The van der Waals surface area contributed by atoms with Crippen LogP contribution in [0, 0.1) is 0 Å². The summed E-state index contributed by atoms with van der Waals surface area (Å²) in [5.74, 6) is 0.159. The fourth-order valence-electron chi connectivity index (χ4n) is 0.935. The molecule has 0 fully saturated rings. The molecule has 0 aliphatic carbocycles. The van der Waals surface area contributed by atoms with Crippen molar-refractivity contribution in [1.29, 1.82) is 0 Å². The molecule has 0 aromatic rings. The van der Waals surface area contributed by atoms with E-state index in [1.165, 1.54) is 0 Å². The summed E-state index contributed by atoms with van der Waals surface area (Å²) in [4.78, 5) is 15.3. The number of nitrogens with one attached hydrogen (secondary N) is 1. The Morgan fingerprint density at radius 2 is 1.86 bits per heavy atom. The van der Waals surface area contributed by atoms with Gasteiger partial charge >= 0.3 is 0 Å². The molecule has 0 aliphatic heterocycles. The van der Waals surface area contributed by atoms with Crippen LogP contribution >= 0.6 is 0 Å². The van der Waals surface area contributed by atoms with Gasteiger partial charge in [-0.2, -0.15) is 0 Å². The van der Waals surface area contributed by atoms with Crippen LogP contribution in [0.2, 0.25) is 0 Å². The van der Waals surface area contributed by atoms with E-state index in [2.05, 4.69) is 24.2 Å². The fourth-order valence-corrected chi connectivity index (χ4v) is 0.935. The predicted octanol–water partition coefficient (Wildman–Crippen LogP) is 0.00600. The highest BCUT2D eigenvalue weighted by Gasteiger charge is 2.04. The van der Waals surface area contributed by atoms with E-state index in [-0.39, 0.29) is 5.91 Å². The molecule has 0 aromatic carbocycles. The van der Waals surface area contributed by atoms with Crippen molar-refractivity contribution in [3.05, 3.63) is 0 Å². The van der Waals surface area contributed by atoms with Gasteiger partial charge in [0.15, 0.2) is 0 Å². The number of carbonyl (C=O) groups excluding carboxylic acids is 1. The van der Waals surface area contributed by atoms with E-state index in [1.54, 1.807) is 4.90 Å². The highest BCUT2D eigenvalue weighted by atomic mass is 16.2. The van der Waals surface area contributed by atoms with Gasteiger partial charge in [0.25, 0.3) is 0 Å². The third kappa shape index (κ3) is 5.94. The van der Waals surface area contributed by atoms with E-state index >= 15 is 0 Å². The second kappa shape index (κ2) is 7.76. The average Bonchev–Trinajstić information content (AvgIpc) is 2.22. The molecule has 4 heteroatoms. The highest BCUT2D eigenvalue weighted by molar-refractivity contribution is 5.77. The number of likely N-dealkylation sites (N-methyl/N-ethyl adjacent to an activating group) is 2. The lowest BCUT2D eigenvalue weighted by molar-refractivity contribution is -0.128. The molecule has 0 spiro atoms. The van der Waals surface area contributed by atoms with Gasteiger partial charge in [0, 0.05) is 26.7 Å². The zero-order valence-electron chi connectivity index (χ0n) is 9.84. The molecule has 0 saturated heterocycles. The van der Waals surface area contributed by atoms with Gasteiger partial charge < -0.3 is 15.1 Å². The molecule has 0 rings (SSSR count). The van der Waals surface area contributed by atoms with Gasteiger partial charge in [0.1, 0.15) is 0 Å². The number of nitrogens with zero attached hydrogens (tertiary/aromatic N) is 2. The Hall–Kier alpha value is -0.610. The summed E-state index contributed by atoms with van der Waals surface area (Å²) in [6.07, 6.45) is 0. The Balaban J connectivity index is 3.40. The molecule has 0 bridgehead atoms. The number of hydrogen-bond acceptors (Lipinski definition) is 3. The lowest BCUT2D eigenvalue weighted by Crippen LogP contribution is -2.38. The quantitative estimate of drug-likeness (QED) is 0.589. The first-order valence-electron chi connectivity index (χ1n) is 5.25. The summed E-state index contributed by atoms with van der Waals surface area (Å²) >= 11 is 0. The van der Waals surface area contributed by atoms with Crippen molar-refractivity contribution in [2.45, 2.75) is 13.8 Å². The average molecular weight is 201 g/mol. The molecule has 0 unspecified atom stereocenters. The molecule has 84 valence electrons. The molecule has 0 saturated carbocycles. The van der Waals surface area contributed by atoms with Crippen LogP contribution in [-0.2, 0) is 4.79 Å². The van der Waals surface area contributed by atoms with E-state index < -0.39 is 0 Å². The van der Waals surface area contributed by atoms with Gasteiger partial charge in [-0.15, -0.1) is 0 Å². The van der Waals surface area contributed by atoms with Gasteiger partial charge in [0.2, 0.25) is 5.91 Å². The Bertz CT molecular complexity index is 161. The van der Waals surface area contributed by atoms with Crippen molar-refractivity contribution in [1.82, 2.24) is 15.1 Å². The Kier molecular flexibility index (Phi) is 7.42. The van der Waals surface area contributed by atoms with Gasteiger partial charge in [-0.1, -0.05) is 6.92 Å². The highest BCUT2D eigenvalue weighted by Crippen LogP contribution is 1.82. The Labute approximate surface area is 87.3 Å². The Morgan fingerprint density at radius 1 is 1.21 bits per heavy atom. The van der Waals surface area contributed by atoms with Crippen molar-refractivity contribution in [3.8, 4) is 0 Å². The van der Waals surface area contributed by atoms with Crippen LogP contribution in [0.15, 0.2) is 0 Å². The summed E-state index contributed by atoms with van der Waals surface area (Å²) in [5, 5.41) is 3.13. The van der Waals surface area contributed by atoms with E-state index in [1.807, 2.05) is 14.0 Å². The minimum atomic E-state index is 0.159. The van der Waals surface area contributed by atoms with Crippen LogP contribution < -0.4 is 5.32 Å². The largest absolute Gasteiger partial charge is 0.345 e. The maximum absolute atomic E-state index is 11.3. The number of amides is 1. The van der Waals surface area contributed by atoms with E-state index in [9.17, 15) is 4.79 Å². The minimum absolute atomic E-state index is 0.159. The normalized spacial score (nSPS) is 10.6. The molecular weight excluding hydrogens is 178 g/mol. The number of carbonyl (C=O) groups is 1. The van der Waals surface area contributed by atoms with Gasteiger partial charge in [-0.3, -0.25) is 4.79 Å². The molecule has 0 atom stereocenters. The van der Waals surface area contributed by atoms with E-state index in [0.29, 0.717) is 6.54 Å². The van der Waals surface area contributed by atoms with Crippen molar-refractivity contribution in [2.24, 2.45) is 0 Å². The maximum Gasteiger partial charge on any atom is 0.236 e. The van der Waals surface area contributed by atoms with Gasteiger partial charge in [-0.05, 0) is 20.5 Å². The second-order valence-electron chi connectivity index (χ2n) is 3.48. The van der Waals surface area contributed by atoms with Gasteiger partial charge in [0.05, 0.1) is 6.54 Å². The molecule has 0 aliphatic rings. The van der Waals surface area contributed by atoms with E-state index in [4.69, 9.17) is 0 Å². The first-order valence-corrected chi connectivity index (χ1v) is 5.25. The van der Waals surface area contributed by atoms with Crippen molar-refractivity contribution in [2.75, 3.05) is 46.8 Å². The van der Waals surface area contributed by atoms with Crippen LogP contribution in [0.5, 0.6) is 0 Å². The van der Waals surface area contributed by atoms with Crippen LogP contribution in [-0.4, -0.2) is 62.5 Å². The second-order valence-corrected chi connectivity index (χ2v) is 3.48. The molecule has 1 N–H and O–H groups in total. The molecule has 0 heterocycles. The topological polar surface area (TPSA) is 35.6 Å². The van der Waals surface area contributed by atoms with Crippen molar-refractivity contribution >= 4 is 5.91 Å². The lowest BCUT2D eigenvalue weighted by Gasteiger charge is -2.16. The van der Waals surface area contributed by atoms with Crippen LogP contribution in [0.25, 0.3) is 0 Å². The van der Waals surface area contributed by atoms with E-state index in [0.717, 1.165) is 26.2 Å². The maximum atomic E-state index is 11.3. The summed E-state index contributed by atoms with van der Waals surface area (Å²) < 4.78 is 0. The first kappa shape index (κ1) is 13.4. The van der Waals surface area contributed by atoms with Crippen molar-refractivity contribution < 1.29 is 4.79 Å². The monoisotopic (exact) mass is 201 g/mol. The summed E-state index contributed by atoms with van der Waals surface area (Å²) in [6.45, 7) is 8.22. The van der Waals surface area contributed by atoms with Crippen LogP contribution in [0.3, 0.4) is 0 Å². The predicted molar refractivity (Wildman–Crippen MR) is 59.4 cm³/mol. The molecule has 0 radical (unpaired) electrons. The third-order valence-corrected chi connectivity index (χ3v) is 2.39. The van der Waals surface area contributed by atoms with Crippen LogP contribution in [0.4, 0.5) is 0 Å². The standard InChI is InChI=1S/C10H23N3O/c1-5-12(3)8-7-11-9-10(14)13(4)6-2/h11H,5-9H2,1-4H3. The summed E-state index contributed by atoms with van der Waals surface area (Å²) in [7, 11) is 3.89. The minimum Gasteiger partial charge on any atom is -0.345 e. The lowest BCUT2D eigenvalue weighted by atomic mass is 10.4. The molecular formula is C10H23N3O. The van der Waals surface area contributed by atoms with Gasteiger partial charge in [-0.25, -0.2) is 0 Å². The molecule has 0 aromatic heterocycles. The van der Waals surface area contributed by atoms with Crippen molar-refractivity contribution in [3.63, 3.8) is 0 Å². The first-order chi connectivity index (χ1) is 6.61. The molecule has 1 amide bonds. The summed E-state index contributed by atoms with van der Waals surface area (Å²) in [5.41, 5.74) is 0. The fraction of sp³-hybridized carbons (Fsp3) is 0.900. The smallest absolute Gasteiger partial charge is 0.236 e. The molecule has 14 heavy (non-hydrogen) atoms. The molecule has 4 nitrogen and oxygen atoms in total. The zero-order valence-corrected chi connectivity index (χ0v) is 9.84. The third-order valence-electron chi connectivity index (χ3n) is 2.39. The SMILES string of the molecule is CCN(C)CCNCC(=O)N(C)CC. The Morgan fingerprint density at radius 3 is 2.36 bits per heavy atom. The zero-order chi connectivity index (χ0) is 11.0. The number of hydrogen-bond donors (Lipinski definition) is 1.